The van der Waals surface area contributed by atoms with Gasteiger partial charge in [0, 0.05) is 4.47 Å². The first-order chi connectivity index (χ1) is 5.54. The highest BCUT2D eigenvalue weighted by Gasteiger charge is 2.12. The second-order valence-corrected chi connectivity index (χ2v) is 4.05. The molecular formula is C7H3Br2ClO2. The number of hydrogen-bond donors (Lipinski definition) is 1. The van der Waals surface area contributed by atoms with Crippen molar-refractivity contribution < 1.29 is 9.90 Å². The van der Waals surface area contributed by atoms with E-state index in [1.54, 1.807) is 6.07 Å². The van der Waals surface area contributed by atoms with Crippen molar-refractivity contribution in [1.82, 2.24) is 0 Å². The summed E-state index contributed by atoms with van der Waals surface area (Å²) in [7, 11) is 0. The monoisotopic (exact) mass is 312 g/mol. The molecule has 0 spiro atoms. The molecule has 1 aromatic rings. The minimum absolute atomic E-state index is 0.0896. The molecule has 0 aliphatic heterocycles. The molecule has 5 heteroatoms. The highest BCUT2D eigenvalue weighted by atomic mass is 79.9. The number of carboxylic acid groups (broad SMARTS) is 1. The lowest BCUT2D eigenvalue weighted by molar-refractivity contribution is 0.0697. The summed E-state index contributed by atoms with van der Waals surface area (Å²) in [6.07, 6.45) is 0. The van der Waals surface area contributed by atoms with Crippen LogP contribution in [0.15, 0.2) is 21.1 Å². The van der Waals surface area contributed by atoms with Crippen LogP contribution in [0.5, 0.6) is 0 Å². The van der Waals surface area contributed by atoms with Gasteiger partial charge in [0.15, 0.2) is 0 Å². The molecular weight excluding hydrogens is 311 g/mol. The van der Waals surface area contributed by atoms with Crippen molar-refractivity contribution in [1.29, 1.82) is 0 Å². The quantitative estimate of drug-likeness (QED) is 0.805. The normalized spacial score (nSPS) is 9.92. The Morgan fingerprint density at radius 3 is 2.50 bits per heavy atom. The molecule has 1 aromatic carbocycles. The minimum atomic E-state index is -1.03. The molecule has 0 heterocycles. The molecule has 0 aromatic heterocycles. The van der Waals surface area contributed by atoms with Crippen LogP contribution in [0.4, 0.5) is 0 Å². The molecule has 0 fully saturated rings. The van der Waals surface area contributed by atoms with Gasteiger partial charge in [-0.15, -0.1) is 0 Å². The highest BCUT2D eigenvalue weighted by molar-refractivity contribution is 9.13. The summed E-state index contributed by atoms with van der Waals surface area (Å²) in [6.45, 7) is 0. The van der Waals surface area contributed by atoms with Crippen LogP contribution in [0, 0.1) is 0 Å². The average Bonchev–Trinajstić information content (AvgIpc) is 2.00. The third kappa shape index (κ3) is 1.81. The third-order valence-electron chi connectivity index (χ3n) is 1.27. The number of halogens is 3. The number of carboxylic acids is 1. The lowest BCUT2D eigenvalue weighted by Gasteiger charge is -2.02. The number of benzene rings is 1. The maximum Gasteiger partial charge on any atom is 0.337 e. The van der Waals surface area contributed by atoms with Crippen LogP contribution < -0.4 is 0 Å². The van der Waals surface area contributed by atoms with E-state index < -0.39 is 5.97 Å². The van der Waals surface area contributed by atoms with Gasteiger partial charge in [0.2, 0.25) is 0 Å². The van der Waals surface area contributed by atoms with Crippen molar-refractivity contribution in [2.45, 2.75) is 0 Å². The van der Waals surface area contributed by atoms with E-state index >= 15 is 0 Å². The SMILES string of the molecule is O=C(O)c1ccc(Br)c(Br)c1Cl. The van der Waals surface area contributed by atoms with Gasteiger partial charge in [-0.2, -0.15) is 0 Å². The van der Waals surface area contributed by atoms with Crippen molar-refractivity contribution in [3.63, 3.8) is 0 Å². The summed E-state index contributed by atoms with van der Waals surface area (Å²) in [5.41, 5.74) is 0.0896. The molecule has 0 bridgehead atoms. The summed E-state index contributed by atoms with van der Waals surface area (Å²) in [5.74, 6) is -1.03. The summed E-state index contributed by atoms with van der Waals surface area (Å²) in [6, 6.07) is 3.07. The second-order valence-electron chi connectivity index (χ2n) is 2.03. The summed E-state index contributed by atoms with van der Waals surface area (Å²) >= 11 is 12.1. The average molecular weight is 314 g/mol. The highest BCUT2D eigenvalue weighted by Crippen LogP contribution is 2.33. The largest absolute Gasteiger partial charge is 0.478 e. The van der Waals surface area contributed by atoms with Gasteiger partial charge in [-0.05, 0) is 44.0 Å². The molecule has 0 amide bonds. The third-order valence-corrected chi connectivity index (χ3v) is 3.90. The molecule has 64 valence electrons. The first-order valence-corrected chi connectivity index (χ1v) is 4.87. The van der Waals surface area contributed by atoms with E-state index in [1.807, 2.05) is 0 Å². The Kier molecular flexibility index (Phi) is 3.15. The van der Waals surface area contributed by atoms with Gasteiger partial charge >= 0.3 is 5.97 Å². The Morgan fingerprint density at radius 2 is 2.00 bits per heavy atom. The van der Waals surface area contributed by atoms with E-state index in [0.29, 0.717) is 4.47 Å². The Morgan fingerprint density at radius 1 is 1.42 bits per heavy atom. The summed E-state index contributed by atoms with van der Waals surface area (Å²) < 4.78 is 1.29. The van der Waals surface area contributed by atoms with Crippen LogP contribution in [-0.4, -0.2) is 11.1 Å². The Balaban J connectivity index is 3.36. The van der Waals surface area contributed by atoms with E-state index in [0.717, 1.165) is 4.47 Å². The van der Waals surface area contributed by atoms with Gasteiger partial charge in [0.1, 0.15) is 0 Å². The van der Waals surface area contributed by atoms with Crippen molar-refractivity contribution in [3.05, 3.63) is 31.7 Å². The van der Waals surface area contributed by atoms with Crippen molar-refractivity contribution in [2.24, 2.45) is 0 Å². The zero-order valence-electron chi connectivity index (χ0n) is 5.64. The minimum Gasteiger partial charge on any atom is -0.478 e. The molecule has 2 nitrogen and oxygen atoms in total. The van der Waals surface area contributed by atoms with Crippen LogP contribution in [0.1, 0.15) is 10.4 Å². The molecule has 0 unspecified atom stereocenters. The van der Waals surface area contributed by atoms with Crippen LogP contribution >= 0.6 is 43.5 Å². The molecule has 0 aliphatic carbocycles. The molecule has 1 rings (SSSR count). The fourth-order valence-electron chi connectivity index (χ4n) is 0.691. The van der Waals surface area contributed by atoms with Crippen molar-refractivity contribution in [2.75, 3.05) is 0 Å². The topological polar surface area (TPSA) is 37.3 Å². The smallest absolute Gasteiger partial charge is 0.337 e. The zero-order valence-corrected chi connectivity index (χ0v) is 9.57. The number of rotatable bonds is 1. The Hall–Kier alpha value is -0.0600. The van der Waals surface area contributed by atoms with Gasteiger partial charge in [0.25, 0.3) is 0 Å². The van der Waals surface area contributed by atoms with Gasteiger partial charge in [0.05, 0.1) is 15.1 Å². The fraction of sp³-hybridized carbons (Fsp3) is 0. The Bertz CT molecular complexity index is 338. The first-order valence-electron chi connectivity index (χ1n) is 2.91. The van der Waals surface area contributed by atoms with Crippen LogP contribution in [-0.2, 0) is 0 Å². The lowest BCUT2D eigenvalue weighted by Crippen LogP contribution is -1.97. The maximum atomic E-state index is 10.6. The van der Waals surface area contributed by atoms with E-state index in [-0.39, 0.29) is 10.6 Å². The molecule has 0 saturated carbocycles. The van der Waals surface area contributed by atoms with E-state index in [2.05, 4.69) is 31.9 Å². The molecule has 0 atom stereocenters. The van der Waals surface area contributed by atoms with Crippen molar-refractivity contribution in [3.8, 4) is 0 Å². The summed E-state index contributed by atoms with van der Waals surface area (Å²) in [5, 5.41) is 8.87. The molecule has 0 radical (unpaired) electrons. The van der Waals surface area contributed by atoms with Crippen molar-refractivity contribution >= 4 is 49.4 Å². The van der Waals surface area contributed by atoms with Crippen LogP contribution in [0.3, 0.4) is 0 Å². The van der Waals surface area contributed by atoms with Gasteiger partial charge in [-0.1, -0.05) is 11.6 Å². The molecule has 1 N–H and O–H groups in total. The van der Waals surface area contributed by atoms with E-state index in [4.69, 9.17) is 16.7 Å². The molecule has 12 heavy (non-hydrogen) atoms. The fourth-order valence-corrected chi connectivity index (χ4v) is 1.73. The number of hydrogen-bond acceptors (Lipinski definition) is 1. The zero-order chi connectivity index (χ0) is 9.30. The van der Waals surface area contributed by atoms with E-state index in [9.17, 15) is 4.79 Å². The van der Waals surface area contributed by atoms with Crippen LogP contribution in [0.2, 0.25) is 5.02 Å². The van der Waals surface area contributed by atoms with Gasteiger partial charge < -0.3 is 5.11 Å². The summed E-state index contributed by atoms with van der Waals surface area (Å²) in [4.78, 5) is 10.6. The number of carbonyl (C=O) groups is 1. The van der Waals surface area contributed by atoms with Crippen LogP contribution in [0.25, 0.3) is 0 Å². The molecule has 0 saturated heterocycles. The second kappa shape index (κ2) is 3.77. The maximum absolute atomic E-state index is 10.6. The first kappa shape index (κ1) is 10.0. The Labute approximate surface area is 90.8 Å². The van der Waals surface area contributed by atoms with E-state index in [1.165, 1.54) is 6.07 Å². The predicted octanol–water partition coefficient (Wildman–Crippen LogP) is 3.56. The predicted molar refractivity (Wildman–Crippen MR) is 53.8 cm³/mol. The standard InChI is InChI=1S/C7H3Br2ClO2/c8-4-2-1-3(7(11)12)6(10)5(4)9/h1-2H,(H,11,12). The van der Waals surface area contributed by atoms with Gasteiger partial charge in [-0.25, -0.2) is 4.79 Å². The number of aromatic carboxylic acids is 1. The van der Waals surface area contributed by atoms with Gasteiger partial charge in [-0.3, -0.25) is 0 Å². The lowest BCUT2D eigenvalue weighted by atomic mass is 10.2. The molecule has 0 aliphatic rings.